The number of aliphatic hydroxyl groups is 1. The van der Waals surface area contributed by atoms with Crippen LogP contribution < -0.4 is 0 Å². The van der Waals surface area contributed by atoms with E-state index in [0.717, 1.165) is 25.7 Å². The van der Waals surface area contributed by atoms with Crippen molar-refractivity contribution in [2.24, 2.45) is 5.92 Å². The molecule has 1 fully saturated rings. The summed E-state index contributed by atoms with van der Waals surface area (Å²) in [5, 5.41) is 9.62. The van der Waals surface area contributed by atoms with Gasteiger partial charge in [-0.05, 0) is 56.2 Å². The van der Waals surface area contributed by atoms with Crippen LogP contribution in [0.5, 0.6) is 0 Å². The summed E-state index contributed by atoms with van der Waals surface area (Å²) in [5.41, 5.74) is 0.627. The van der Waals surface area contributed by atoms with Gasteiger partial charge in [0.1, 0.15) is 0 Å². The normalized spacial score (nSPS) is 25.0. The first-order valence-electron chi connectivity index (χ1n) is 7.58. The average Bonchev–Trinajstić information content (AvgIpc) is 2.47. The molecule has 5 heteroatoms. The van der Waals surface area contributed by atoms with Gasteiger partial charge < -0.3 is 5.11 Å². The Hall–Kier alpha value is -0.910. The Morgan fingerprint density at radius 2 is 1.86 bits per heavy atom. The zero-order chi connectivity index (χ0) is 15.6. The third-order valence-electron chi connectivity index (χ3n) is 4.52. The summed E-state index contributed by atoms with van der Waals surface area (Å²) in [6, 6.07) is 6.68. The summed E-state index contributed by atoms with van der Waals surface area (Å²) in [7, 11) is -1.82. The maximum absolute atomic E-state index is 12.7. The second-order valence-electron chi connectivity index (χ2n) is 6.18. The fourth-order valence-corrected chi connectivity index (χ4v) is 4.37. The topological polar surface area (TPSA) is 57.6 Å². The lowest BCUT2D eigenvalue weighted by molar-refractivity contribution is 0.199. The van der Waals surface area contributed by atoms with Crippen molar-refractivity contribution in [3.05, 3.63) is 29.8 Å². The smallest absolute Gasteiger partial charge is 0.243 e. The molecule has 2 rings (SSSR count). The summed E-state index contributed by atoms with van der Waals surface area (Å²) in [4.78, 5) is 0.266. The lowest BCUT2D eigenvalue weighted by Crippen LogP contribution is -2.39. The Kier molecular flexibility index (Phi) is 5.07. The Bertz CT molecular complexity index is 575. The molecule has 0 radical (unpaired) electrons. The molecule has 0 saturated heterocycles. The third kappa shape index (κ3) is 3.65. The lowest BCUT2D eigenvalue weighted by atomic mass is 9.87. The fourth-order valence-electron chi connectivity index (χ4n) is 2.90. The van der Waals surface area contributed by atoms with E-state index in [1.165, 1.54) is 4.31 Å². The summed E-state index contributed by atoms with van der Waals surface area (Å²) >= 11 is 0. The molecule has 1 atom stereocenters. The van der Waals surface area contributed by atoms with E-state index in [1.54, 1.807) is 38.2 Å². The molecule has 0 bridgehead atoms. The van der Waals surface area contributed by atoms with Crippen molar-refractivity contribution in [1.82, 2.24) is 4.31 Å². The van der Waals surface area contributed by atoms with Crippen molar-refractivity contribution in [3.8, 4) is 0 Å². The van der Waals surface area contributed by atoms with Crippen LogP contribution in [-0.4, -0.2) is 30.9 Å². The first-order valence-corrected chi connectivity index (χ1v) is 9.02. The predicted octanol–water partition coefficient (Wildman–Crippen LogP) is 2.94. The van der Waals surface area contributed by atoms with Gasteiger partial charge in [0.2, 0.25) is 10.0 Å². The molecule has 1 aromatic carbocycles. The molecule has 0 spiro atoms. The summed E-state index contributed by atoms with van der Waals surface area (Å²) < 4.78 is 27.0. The Labute approximate surface area is 127 Å². The number of nitrogens with zero attached hydrogens (tertiary/aromatic N) is 1. The monoisotopic (exact) mass is 311 g/mol. The molecular formula is C16H25NO3S. The van der Waals surface area contributed by atoms with Crippen molar-refractivity contribution in [1.29, 1.82) is 0 Å². The second-order valence-corrected chi connectivity index (χ2v) is 8.18. The van der Waals surface area contributed by atoms with Crippen molar-refractivity contribution in [2.45, 2.75) is 56.6 Å². The van der Waals surface area contributed by atoms with E-state index in [9.17, 15) is 13.5 Å². The first-order chi connectivity index (χ1) is 9.82. The van der Waals surface area contributed by atoms with Gasteiger partial charge in [-0.2, -0.15) is 4.31 Å². The van der Waals surface area contributed by atoms with Gasteiger partial charge >= 0.3 is 0 Å². The highest BCUT2D eigenvalue weighted by atomic mass is 32.2. The SMILES string of the molecule is CC1CCC(N(C)S(=O)(=O)c2cccc(C(C)O)c2)CC1. The summed E-state index contributed by atoms with van der Waals surface area (Å²) in [6.45, 7) is 3.86. The largest absolute Gasteiger partial charge is 0.389 e. The van der Waals surface area contributed by atoms with E-state index >= 15 is 0 Å². The van der Waals surface area contributed by atoms with Gasteiger partial charge in [-0.25, -0.2) is 8.42 Å². The number of hydrogen-bond acceptors (Lipinski definition) is 3. The van der Waals surface area contributed by atoms with E-state index in [0.29, 0.717) is 11.5 Å². The van der Waals surface area contributed by atoms with Crippen LogP contribution in [0, 0.1) is 5.92 Å². The Balaban J connectivity index is 2.23. The van der Waals surface area contributed by atoms with Crippen LogP contribution in [0.2, 0.25) is 0 Å². The second kappa shape index (κ2) is 6.46. The molecule has 1 aliphatic rings. The van der Waals surface area contributed by atoms with Crippen LogP contribution in [0.4, 0.5) is 0 Å². The van der Waals surface area contributed by atoms with Crippen LogP contribution in [0.3, 0.4) is 0 Å². The zero-order valence-electron chi connectivity index (χ0n) is 13.0. The highest BCUT2D eigenvalue weighted by molar-refractivity contribution is 7.89. The van der Waals surface area contributed by atoms with E-state index < -0.39 is 16.1 Å². The van der Waals surface area contributed by atoms with Gasteiger partial charge in [0.25, 0.3) is 0 Å². The summed E-state index contributed by atoms with van der Waals surface area (Å²) in [6.07, 6.45) is 3.34. The quantitative estimate of drug-likeness (QED) is 0.930. The van der Waals surface area contributed by atoms with E-state index in [4.69, 9.17) is 0 Å². The van der Waals surface area contributed by atoms with E-state index in [-0.39, 0.29) is 10.9 Å². The van der Waals surface area contributed by atoms with Gasteiger partial charge in [0.05, 0.1) is 11.0 Å². The maximum Gasteiger partial charge on any atom is 0.243 e. The molecular weight excluding hydrogens is 286 g/mol. The Morgan fingerprint density at radius 1 is 1.24 bits per heavy atom. The molecule has 1 N–H and O–H groups in total. The molecule has 1 aliphatic carbocycles. The molecule has 1 unspecified atom stereocenters. The minimum Gasteiger partial charge on any atom is -0.389 e. The minimum absolute atomic E-state index is 0.0846. The van der Waals surface area contributed by atoms with Gasteiger partial charge in [-0.15, -0.1) is 0 Å². The number of aliphatic hydroxyl groups excluding tert-OH is 1. The molecule has 4 nitrogen and oxygen atoms in total. The van der Waals surface area contributed by atoms with Crippen LogP contribution in [0.25, 0.3) is 0 Å². The molecule has 0 heterocycles. The van der Waals surface area contributed by atoms with E-state index in [2.05, 4.69) is 6.92 Å². The highest BCUT2D eigenvalue weighted by Gasteiger charge is 2.30. The Morgan fingerprint density at radius 3 is 2.43 bits per heavy atom. The summed E-state index contributed by atoms with van der Waals surface area (Å²) in [5.74, 6) is 0.691. The number of hydrogen-bond donors (Lipinski definition) is 1. The molecule has 21 heavy (non-hydrogen) atoms. The number of sulfonamides is 1. The lowest BCUT2D eigenvalue weighted by Gasteiger charge is -2.32. The zero-order valence-corrected chi connectivity index (χ0v) is 13.8. The van der Waals surface area contributed by atoms with Crippen molar-refractivity contribution in [3.63, 3.8) is 0 Å². The van der Waals surface area contributed by atoms with Crippen LogP contribution in [-0.2, 0) is 10.0 Å². The standard InChI is InChI=1S/C16H25NO3S/c1-12-7-9-15(10-8-12)17(3)21(19,20)16-6-4-5-14(11-16)13(2)18/h4-6,11-13,15,18H,7-10H2,1-3H3. The van der Waals surface area contributed by atoms with Crippen LogP contribution >= 0.6 is 0 Å². The van der Waals surface area contributed by atoms with Crippen molar-refractivity contribution >= 4 is 10.0 Å². The molecule has 1 aromatic rings. The molecule has 1 saturated carbocycles. The van der Waals surface area contributed by atoms with Gasteiger partial charge in [0.15, 0.2) is 0 Å². The molecule has 0 amide bonds. The van der Waals surface area contributed by atoms with Gasteiger partial charge in [-0.3, -0.25) is 0 Å². The molecule has 118 valence electrons. The van der Waals surface area contributed by atoms with Crippen molar-refractivity contribution < 1.29 is 13.5 Å². The predicted molar refractivity (Wildman–Crippen MR) is 83.4 cm³/mol. The molecule has 0 aromatic heterocycles. The maximum atomic E-state index is 12.7. The van der Waals surface area contributed by atoms with Gasteiger partial charge in [-0.1, -0.05) is 19.1 Å². The van der Waals surface area contributed by atoms with Crippen LogP contribution in [0.15, 0.2) is 29.2 Å². The average molecular weight is 311 g/mol. The van der Waals surface area contributed by atoms with E-state index in [1.807, 2.05) is 0 Å². The van der Waals surface area contributed by atoms with Crippen LogP contribution in [0.1, 0.15) is 51.2 Å². The fraction of sp³-hybridized carbons (Fsp3) is 0.625. The first kappa shape index (κ1) is 16.5. The third-order valence-corrected chi connectivity index (χ3v) is 6.42. The van der Waals surface area contributed by atoms with Crippen molar-refractivity contribution in [2.75, 3.05) is 7.05 Å². The number of rotatable bonds is 4. The van der Waals surface area contributed by atoms with Gasteiger partial charge in [0, 0.05) is 13.1 Å². The highest BCUT2D eigenvalue weighted by Crippen LogP contribution is 2.30. The minimum atomic E-state index is -3.49. The number of benzene rings is 1. The molecule has 0 aliphatic heterocycles.